The molecule has 3 aromatic rings. The maximum absolute atomic E-state index is 13.2. The molecule has 2 aromatic heterocycles. The smallest absolute Gasteiger partial charge is 0.134 e. The zero-order chi connectivity index (χ0) is 13.2. The Morgan fingerprint density at radius 3 is 2.95 bits per heavy atom. The van der Waals surface area contributed by atoms with E-state index in [1.165, 1.54) is 17.7 Å². The van der Waals surface area contributed by atoms with Crippen molar-refractivity contribution in [1.29, 1.82) is 0 Å². The molecule has 0 spiro atoms. The van der Waals surface area contributed by atoms with Gasteiger partial charge in [0.05, 0.1) is 6.04 Å². The molecule has 0 fully saturated rings. The number of thiophene rings is 1. The van der Waals surface area contributed by atoms with Crippen LogP contribution in [0.25, 0.3) is 11.0 Å². The summed E-state index contributed by atoms with van der Waals surface area (Å²) >= 11 is 1.69. The minimum Gasteiger partial charge on any atom is -0.459 e. The predicted octanol–water partition coefficient (Wildman–Crippen LogP) is 4.14. The Morgan fingerprint density at radius 2 is 2.21 bits per heavy atom. The third-order valence-electron chi connectivity index (χ3n) is 3.21. The second kappa shape index (κ2) is 5.15. The monoisotopic (exact) mass is 275 g/mol. The highest BCUT2D eigenvalue weighted by Crippen LogP contribution is 2.27. The second-order valence-electron chi connectivity index (χ2n) is 4.51. The van der Waals surface area contributed by atoms with E-state index in [0.29, 0.717) is 0 Å². The summed E-state index contributed by atoms with van der Waals surface area (Å²) in [7, 11) is 1.91. The number of benzene rings is 1. The molecule has 0 amide bonds. The van der Waals surface area contributed by atoms with Crippen LogP contribution in [0, 0.1) is 5.82 Å². The minimum atomic E-state index is -0.237. The van der Waals surface area contributed by atoms with Gasteiger partial charge in [0.15, 0.2) is 0 Å². The first-order chi connectivity index (χ1) is 9.26. The van der Waals surface area contributed by atoms with Crippen LogP contribution in [0.3, 0.4) is 0 Å². The first kappa shape index (κ1) is 12.4. The second-order valence-corrected chi connectivity index (χ2v) is 5.29. The highest BCUT2D eigenvalue weighted by atomic mass is 32.1. The van der Waals surface area contributed by atoms with Gasteiger partial charge in [-0.3, -0.25) is 0 Å². The third kappa shape index (κ3) is 2.55. The van der Waals surface area contributed by atoms with Crippen molar-refractivity contribution >= 4 is 22.3 Å². The van der Waals surface area contributed by atoms with Gasteiger partial charge in [-0.15, -0.1) is 0 Å². The average Bonchev–Trinajstić information content (AvgIpc) is 3.03. The molecule has 3 rings (SSSR count). The third-order valence-corrected chi connectivity index (χ3v) is 3.94. The Morgan fingerprint density at radius 1 is 1.32 bits per heavy atom. The van der Waals surface area contributed by atoms with Crippen LogP contribution in [0.2, 0.25) is 0 Å². The maximum Gasteiger partial charge on any atom is 0.134 e. The number of furan rings is 1. The standard InChI is InChI=1S/C15H14FNOS/c1-17-13(6-10-4-5-19-9-10)15-8-11-7-12(16)2-3-14(11)18-15/h2-5,7-9,13,17H,6H2,1H3. The van der Waals surface area contributed by atoms with Crippen LogP contribution in [0.1, 0.15) is 17.4 Å². The van der Waals surface area contributed by atoms with Crippen molar-refractivity contribution < 1.29 is 8.81 Å². The molecule has 19 heavy (non-hydrogen) atoms. The Labute approximate surface area is 114 Å². The van der Waals surface area contributed by atoms with Gasteiger partial charge in [-0.2, -0.15) is 11.3 Å². The topological polar surface area (TPSA) is 25.2 Å². The lowest BCUT2D eigenvalue weighted by Gasteiger charge is -2.12. The molecule has 1 unspecified atom stereocenters. The molecule has 0 saturated carbocycles. The molecular formula is C15H14FNOS. The Bertz CT molecular complexity index is 675. The summed E-state index contributed by atoms with van der Waals surface area (Å²) in [6.45, 7) is 0. The number of halogens is 1. The zero-order valence-electron chi connectivity index (χ0n) is 10.5. The van der Waals surface area contributed by atoms with Crippen molar-refractivity contribution in [2.75, 3.05) is 7.05 Å². The van der Waals surface area contributed by atoms with E-state index >= 15 is 0 Å². The number of rotatable bonds is 4. The maximum atomic E-state index is 13.2. The number of hydrogen-bond donors (Lipinski definition) is 1. The van der Waals surface area contributed by atoms with Gasteiger partial charge in [0, 0.05) is 5.39 Å². The van der Waals surface area contributed by atoms with Crippen molar-refractivity contribution in [2.45, 2.75) is 12.5 Å². The van der Waals surface area contributed by atoms with Gasteiger partial charge in [0.1, 0.15) is 17.2 Å². The lowest BCUT2D eigenvalue weighted by molar-refractivity contribution is 0.451. The van der Waals surface area contributed by atoms with Gasteiger partial charge in [-0.1, -0.05) is 0 Å². The van der Waals surface area contributed by atoms with Crippen molar-refractivity contribution in [3.05, 3.63) is 58.2 Å². The van der Waals surface area contributed by atoms with E-state index < -0.39 is 0 Å². The van der Waals surface area contributed by atoms with E-state index in [1.807, 2.05) is 13.1 Å². The fraction of sp³-hybridized carbons (Fsp3) is 0.200. The predicted molar refractivity (Wildman–Crippen MR) is 76.0 cm³/mol. The van der Waals surface area contributed by atoms with Gasteiger partial charge in [0.25, 0.3) is 0 Å². The number of hydrogen-bond acceptors (Lipinski definition) is 3. The summed E-state index contributed by atoms with van der Waals surface area (Å²) in [5, 5.41) is 8.25. The number of fused-ring (bicyclic) bond motifs is 1. The highest BCUT2D eigenvalue weighted by Gasteiger charge is 2.15. The number of nitrogens with one attached hydrogen (secondary N) is 1. The Balaban J connectivity index is 1.92. The van der Waals surface area contributed by atoms with Crippen LogP contribution in [-0.2, 0) is 6.42 Å². The molecule has 0 saturated heterocycles. The molecular weight excluding hydrogens is 261 g/mol. The molecule has 0 bridgehead atoms. The van der Waals surface area contributed by atoms with E-state index in [2.05, 4.69) is 22.1 Å². The van der Waals surface area contributed by atoms with Gasteiger partial charge in [0.2, 0.25) is 0 Å². The van der Waals surface area contributed by atoms with E-state index in [0.717, 1.165) is 23.2 Å². The minimum absolute atomic E-state index is 0.102. The summed E-state index contributed by atoms with van der Waals surface area (Å²) in [4.78, 5) is 0. The van der Waals surface area contributed by atoms with E-state index in [9.17, 15) is 4.39 Å². The molecule has 98 valence electrons. The average molecular weight is 275 g/mol. The quantitative estimate of drug-likeness (QED) is 0.774. The van der Waals surface area contributed by atoms with Gasteiger partial charge in [-0.05, 0) is 60.1 Å². The van der Waals surface area contributed by atoms with Gasteiger partial charge < -0.3 is 9.73 Å². The molecule has 0 aliphatic heterocycles. The van der Waals surface area contributed by atoms with Crippen LogP contribution in [0.5, 0.6) is 0 Å². The molecule has 1 aromatic carbocycles. The van der Waals surface area contributed by atoms with Crippen LogP contribution >= 0.6 is 11.3 Å². The first-order valence-corrected chi connectivity index (χ1v) is 7.08. The van der Waals surface area contributed by atoms with Crippen LogP contribution in [0.15, 0.2) is 45.5 Å². The van der Waals surface area contributed by atoms with Crippen molar-refractivity contribution in [3.8, 4) is 0 Å². The van der Waals surface area contributed by atoms with E-state index in [4.69, 9.17) is 4.42 Å². The fourth-order valence-electron chi connectivity index (χ4n) is 2.20. The molecule has 2 nitrogen and oxygen atoms in total. The van der Waals surface area contributed by atoms with Crippen molar-refractivity contribution in [2.24, 2.45) is 0 Å². The van der Waals surface area contributed by atoms with E-state index in [1.54, 1.807) is 17.4 Å². The summed E-state index contributed by atoms with van der Waals surface area (Å²) in [5.41, 5.74) is 2.00. The Kier molecular flexibility index (Phi) is 3.36. The summed E-state index contributed by atoms with van der Waals surface area (Å²) in [6.07, 6.45) is 0.863. The van der Waals surface area contributed by atoms with Gasteiger partial charge >= 0.3 is 0 Å². The molecule has 1 N–H and O–H groups in total. The van der Waals surface area contributed by atoms with Gasteiger partial charge in [-0.25, -0.2) is 4.39 Å². The van der Waals surface area contributed by atoms with Crippen molar-refractivity contribution in [1.82, 2.24) is 5.32 Å². The number of likely N-dealkylation sites (N-methyl/N-ethyl adjacent to an activating group) is 1. The SMILES string of the molecule is CNC(Cc1ccsc1)c1cc2cc(F)ccc2o1. The lowest BCUT2D eigenvalue weighted by Crippen LogP contribution is -2.17. The summed E-state index contributed by atoms with van der Waals surface area (Å²) < 4.78 is 19.0. The van der Waals surface area contributed by atoms with Crippen molar-refractivity contribution in [3.63, 3.8) is 0 Å². The summed E-state index contributed by atoms with van der Waals surface area (Å²) in [5.74, 6) is 0.605. The largest absolute Gasteiger partial charge is 0.459 e. The van der Waals surface area contributed by atoms with Crippen LogP contribution in [-0.4, -0.2) is 7.05 Å². The summed E-state index contributed by atoms with van der Waals surface area (Å²) in [6, 6.07) is 8.71. The first-order valence-electron chi connectivity index (χ1n) is 6.13. The normalized spacial score (nSPS) is 12.9. The highest BCUT2D eigenvalue weighted by molar-refractivity contribution is 7.07. The molecule has 0 radical (unpaired) electrons. The zero-order valence-corrected chi connectivity index (χ0v) is 11.3. The lowest BCUT2D eigenvalue weighted by atomic mass is 10.1. The Hall–Kier alpha value is -1.65. The van der Waals surface area contributed by atoms with Crippen LogP contribution in [0.4, 0.5) is 4.39 Å². The molecule has 1 atom stereocenters. The molecule has 4 heteroatoms. The molecule has 0 aliphatic rings. The molecule has 0 aliphatic carbocycles. The molecule has 2 heterocycles. The van der Waals surface area contributed by atoms with E-state index in [-0.39, 0.29) is 11.9 Å². The van der Waals surface area contributed by atoms with Crippen LogP contribution < -0.4 is 5.32 Å². The fourth-order valence-corrected chi connectivity index (χ4v) is 2.88.